The first-order valence-electron chi connectivity index (χ1n) is 8.85. The van der Waals surface area contributed by atoms with E-state index in [1.807, 2.05) is 59.8 Å². The summed E-state index contributed by atoms with van der Waals surface area (Å²) in [4.78, 5) is 21.3. The van der Waals surface area contributed by atoms with Crippen LogP contribution >= 0.6 is 11.6 Å². The van der Waals surface area contributed by atoms with E-state index in [1.165, 1.54) is 5.69 Å². The van der Waals surface area contributed by atoms with Crippen molar-refractivity contribution in [1.29, 1.82) is 0 Å². The van der Waals surface area contributed by atoms with Gasteiger partial charge in [-0.05, 0) is 23.8 Å². The number of nitrogens with zero attached hydrogens (tertiary/aromatic N) is 4. The minimum atomic E-state index is 0.146. The Bertz CT molecular complexity index is 915. The highest BCUT2D eigenvalue weighted by Gasteiger charge is 2.22. The highest BCUT2D eigenvalue weighted by atomic mass is 35.5. The first-order chi connectivity index (χ1) is 12.7. The molecule has 1 fully saturated rings. The Morgan fingerprint density at radius 3 is 2.62 bits per heavy atom. The van der Waals surface area contributed by atoms with Crippen LogP contribution < -0.4 is 0 Å². The standard InChI is InChI=1S/C20H21ClN4O/c21-18-6-2-1-5-16(18)13-20(26)24-11-9-23(10-12-24)15-17-14-22-19-7-3-4-8-25(17)19/h1-8,14H,9-13,15H2. The summed E-state index contributed by atoms with van der Waals surface area (Å²) in [6.07, 6.45) is 4.35. The molecule has 26 heavy (non-hydrogen) atoms. The number of imidazole rings is 1. The average molecular weight is 369 g/mol. The Balaban J connectivity index is 1.34. The minimum Gasteiger partial charge on any atom is -0.340 e. The molecule has 4 rings (SSSR count). The first-order valence-corrected chi connectivity index (χ1v) is 9.23. The molecule has 3 heterocycles. The molecule has 134 valence electrons. The van der Waals surface area contributed by atoms with Gasteiger partial charge in [-0.15, -0.1) is 0 Å². The third-order valence-electron chi connectivity index (χ3n) is 4.90. The third kappa shape index (κ3) is 3.59. The number of benzene rings is 1. The van der Waals surface area contributed by atoms with Crippen molar-refractivity contribution in [3.8, 4) is 0 Å². The monoisotopic (exact) mass is 368 g/mol. The fraction of sp³-hybridized carbons (Fsp3) is 0.300. The van der Waals surface area contributed by atoms with Gasteiger partial charge in [-0.25, -0.2) is 4.98 Å². The predicted octanol–water partition coefficient (Wildman–Crippen LogP) is 2.87. The molecule has 3 aromatic rings. The molecule has 1 saturated heterocycles. The summed E-state index contributed by atoms with van der Waals surface area (Å²) in [6, 6.07) is 13.6. The van der Waals surface area contributed by atoms with Crippen molar-refractivity contribution < 1.29 is 4.79 Å². The molecule has 0 N–H and O–H groups in total. The normalized spacial score (nSPS) is 15.5. The van der Waals surface area contributed by atoms with Crippen LogP contribution in [0.4, 0.5) is 0 Å². The summed E-state index contributed by atoms with van der Waals surface area (Å²) in [5.74, 6) is 0.146. The number of amides is 1. The van der Waals surface area contributed by atoms with Crippen LogP contribution in [0.25, 0.3) is 5.65 Å². The molecule has 0 bridgehead atoms. The molecule has 0 spiro atoms. The van der Waals surface area contributed by atoms with Crippen molar-refractivity contribution in [2.24, 2.45) is 0 Å². The van der Waals surface area contributed by atoms with Gasteiger partial charge in [0.15, 0.2) is 0 Å². The van der Waals surface area contributed by atoms with Crippen molar-refractivity contribution >= 4 is 23.2 Å². The summed E-state index contributed by atoms with van der Waals surface area (Å²) >= 11 is 6.17. The minimum absolute atomic E-state index is 0.146. The molecule has 0 aliphatic carbocycles. The molecule has 1 amide bonds. The van der Waals surface area contributed by atoms with E-state index in [-0.39, 0.29) is 5.91 Å². The van der Waals surface area contributed by atoms with Gasteiger partial charge in [0.1, 0.15) is 5.65 Å². The second kappa shape index (κ2) is 7.48. The van der Waals surface area contributed by atoms with E-state index in [2.05, 4.69) is 14.3 Å². The Morgan fingerprint density at radius 2 is 1.81 bits per heavy atom. The van der Waals surface area contributed by atoms with Gasteiger partial charge in [-0.3, -0.25) is 9.69 Å². The van der Waals surface area contributed by atoms with Crippen LogP contribution in [-0.2, 0) is 17.8 Å². The largest absolute Gasteiger partial charge is 0.340 e. The number of piperazine rings is 1. The Kier molecular flexibility index (Phi) is 4.91. The van der Waals surface area contributed by atoms with Crippen LogP contribution in [-0.4, -0.2) is 51.3 Å². The highest BCUT2D eigenvalue weighted by molar-refractivity contribution is 6.31. The topological polar surface area (TPSA) is 40.9 Å². The Morgan fingerprint density at radius 1 is 1.04 bits per heavy atom. The smallest absolute Gasteiger partial charge is 0.227 e. The molecule has 0 saturated carbocycles. The van der Waals surface area contributed by atoms with E-state index in [1.54, 1.807) is 0 Å². The van der Waals surface area contributed by atoms with E-state index < -0.39 is 0 Å². The van der Waals surface area contributed by atoms with Gasteiger partial charge >= 0.3 is 0 Å². The van der Waals surface area contributed by atoms with Gasteiger partial charge in [0.2, 0.25) is 5.91 Å². The number of hydrogen-bond donors (Lipinski definition) is 0. The van der Waals surface area contributed by atoms with E-state index in [0.29, 0.717) is 11.4 Å². The van der Waals surface area contributed by atoms with Gasteiger partial charge in [-0.1, -0.05) is 35.9 Å². The number of pyridine rings is 1. The molecule has 1 aromatic carbocycles. The number of aromatic nitrogens is 2. The third-order valence-corrected chi connectivity index (χ3v) is 5.27. The van der Waals surface area contributed by atoms with Crippen molar-refractivity contribution in [3.63, 3.8) is 0 Å². The SMILES string of the molecule is O=C(Cc1ccccc1Cl)N1CCN(Cc2cnc3ccccn23)CC1. The molecular weight excluding hydrogens is 348 g/mol. The quantitative estimate of drug-likeness (QED) is 0.711. The fourth-order valence-electron chi connectivity index (χ4n) is 3.40. The van der Waals surface area contributed by atoms with E-state index >= 15 is 0 Å². The molecule has 1 aliphatic rings. The van der Waals surface area contributed by atoms with E-state index in [0.717, 1.165) is 43.9 Å². The number of halogens is 1. The van der Waals surface area contributed by atoms with Gasteiger partial charge in [0, 0.05) is 43.9 Å². The molecule has 0 radical (unpaired) electrons. The molecule has 0 unspecified atom stereocenters. The molecule has 6 heteroatoms. The zero-order valence-corrected chi connectivity index (χ0v) is 15.3. The van der Waals surface area contributed by atoms with Crippen LogP contribution in [0, 0.1) is 0 Å². The van der Waals surface area contributed by atoms with Gasteiger partial charge < -0.3 is 9.30 Å². The zero-order chi connectivity index (χ0) is 17.9. The lowest BCUT2D eigenvalue weighted by Crippen LogP contribution is -2.48. The van der Waals surface area contributed by atoms with Crippen LogP contribution in [0.5, 0.6) is 0 Å². The predicted molar refractivity (Wildman–Crippen MR) is 102 cm³/mol. The second-order valence-corrected chi connectivity index (χ2v) is 7.01. The zero-order valence-electron chi connectivity index (χ0n) is 14.5. The molecule has 5 nitrogen and oxygen atoms in total. The Hall–Kier alpha value is -2.37. The lowest BCUT2D eigenvalue weighted by atomic mass is 10.1. The summed E-state index contributed by atoms with van der Waals surface area (Å²) in [7, 11) is 0. The number of hydrogen-bond acceptors (Lipinski definition) is 3. The maximum absolute atomic E-state index is 12.6. The maximum atomic E-state index is 12.6. The van der Waals surface area contributed by atoms with Gasteiger partial charge in [0.25, 0.3) is 0 Å². The van der Waals surface area contributed by atoms with Gasteiger partial charge in [-0.2, -0.15) is 0 Å². The van der Waals surface area contributed by atoms with Crippen molar-refractivity contribution in [2.45, 2.75) is 13.0 Å². The molecule has 1 aliphatic heterocycles. The second-order valence-electron chi connectivity index (χ2n) is 6.60. The summed E-state index contributed by atoms with van der Waals surface area (Å²) in [6.45, 7) is 4.08. The number of carbonyl (C=O) groups is 1. The number of carbonyl (C=O) groups excluding carboxylic acids is 1. The Labute approximate surface area is 157 Å². The van der Waals surface area contributed by atoms with Crippen molar-refractivity contribution in [1.82, 2.24) is 19.2 Å². The highest BCUT2D eigenvalue weighted by Crippen LogP contribution is 2.17. The summed E-state index contributed by atoms with van der Waals surface area (Å²) in [5, 5.41) is 0.659. The first kappa shape index (κ1) is 17.1. The van der Waals surface area contributed by atoms with Crippen LogP contribution in [0.1, 0.15) is 11.3 Å². The summed E-state index contributed by atoms with van der Waals surface area (Å²) < 4.78 is 2.12. The van der Waals surface area contributed by atoms with Crippen LogP contribution in [0.2, 0.25) is 5.02 Å². The molecule has 2 aromatic heterocycles. The van der Waals surface area contributed by atoms with Crippen LogP contribution in [0.3, 0.4) is 0 Å². The van der Waals surface area contributed by atoms with Crippen molar-refractivity contribution in [3.05, 3.63) is 71.1 Å². The summed E-state index contributed by atoms with van der Waals surface area (Å²) in [5.41, 5.74) is 3.04. The molecular formula is C20H21ClN4O. The molecule has 0 atom stereocenters. The van der Waals surface area contributed by atoms with E-state index in [9.17, 15) is 4.79 Å². The van der Waals surface area contributed by atoms with Gasteiger partial charge in [0.05, 0.1) is 18.3 Å². The lowest BCUT2D eigenvalue weighted by molar-refractivity contribution is -0.132. The van der Waals surface area contributed by atoms with Crippen LogP contribution in [0.15, 0.2) is 54.9 Å². The van der Waals surface area contributed by atoms with E-state index in [4.69, 9.17) is 11.6 Å². The fourth-order valence-corrected chi connectivity index (χ4v) is 3.61. The number of rotatable bonds is 4. The van der Waals surface area contributed by atoms with Crippen molar-refractivity contribution in [2.75, 3.05) is 26.2 Å². The maximum Gasteiger partial charge on any atom is 0.227 e. The lowest BCUT2D eigenvalue weighted by Gasteiger charge is -2.34. The average Bonchev–Trinajstić information content (AvgIpc) is 3.07. The number of fused-ring (bicyclic) bond motifs is 1.